The number of rotatable bonds is 5. The molecule has 74 valence electrons. The highest BCUT2D eigenvalue weighted by Gasteiger charge is 2.10. The first kappa shape index (κ1) is 10.2. The van der Waals surface area contributed by atoms with Crippen molar-refractivity contribution in [3.05, 3.63) is 11.6 Å². The van der Waals surface area contributed by atoms with E-state index in [1.54, 1.807) is 0 Å². The Morgan fingerprint density at radius 1 is 1.38 bits per heavy atom. The van der Waals surface area contributed by atoms with Gasteiger partial charge in [0.2, 0.25) is 0 Å². The lowest BCUT2D eigenvalue weighted by molar-refractivity contribution is 0.604. The van der Waals surface area contributed by atoms with Gasteiger partial charge in [-0.1, -0.05) is 20.3 Å². The van der Waals surface area contributed by atoms with E-state index in [0.29, 0.717) is 0 Å². The lowest BCUT2D eigenvalue weighted by atomic mass is 10.2. The summed E-state index contributed by atoms with van der Waals surface area (Å²) >= 11 is 0. The lowest BCUT2D eigenvalue weighted by Gasteiger charge is -2.03. The third-order valence-corrected chi connectivity index (χ3v) is 1.97. The van der Waals surface area contributed by atoms with E-state index in [2.05, 4.69) is 29.0 Å². The Morgan fingerprint density at radius 2 is 2.15 bits per heavy atom. The minimum absolute atomic E-state index is 0.00754. The van der Waals surface area contributed by atoms with Gasteiger partial charge in [0.25, 0.3) is 0 Å². The summed E-state index contributed by atoms with van der Waals surface area (Å²) in [4.78, 5) is 4.33. The van der Waals surface area contributed by atoms with Crippen molar-refractivity contribution in [3.63, 3.8) is 0 Å². The lowest BCUT2D eigenvalue weighted by Crippen LogP contribution is -2.11. The van der Waals surface area contributed by atoms with Crippen molar-refractivity contribution >= 4 is 0 Å². The van der Waals surface area contributed by atoms with Crippen molar-refractivity contribution < 1.29 is 0 Å². The van der Waals surface area contributed by atoms with Gasteiger partial charge < -0.3 is 5.73 Å². The van der Waals surface area contributed by atoms with Crippen molar-refractivity contribution in [1.82, 2.24) is 15.2 Å². The van der Waals surface area contributed by atoms with E-state index in [1.165, 1.54) is 0 Å². The van der Waals surface area contributed by atoms with Crippen LogP contribution in [0.3, 0.4) is 0 Å². The minimum atomic E-state index is -0.00754. The molecule has 0 aliphatic rings. The first-order chi connectivity index (χ1) is 6.27. The van der Waals surface area contributed by atoms with E-state index >= 15 is 0 Å². The van der Waals surface area contributed by atoms with Crippen LogP contribution in [0.5, 0.6) is 0 Å². The number of nitrogens with one attached hydrogen (secondary N) is 1. The molecular formula is C9H18N4. The zero-order chi connectivity index (χ0) is 9.68. The van der Waals surface area contributed by atoms with Crippen LogP contribution in [0, 0.1) is 0 Å². The normalized spacial score (nSPS) is 13.2. The van der Waals surface area contributed by atoms with E-state index in [0.717, 1.165) is 37.3 Å². The molecule has 1 aromatic heterocycles. The van der Waals surface area contributed by atoms with Gasteiger partial charge in [0.05, 0.1) is 6.04 Å². The van der Waals surface area contributed by atoms with Crippen LogP contribution in [0.15, 0.2) is 0 Å². The molecule has 1 aromatic rings. The van der Waals surface area contributed by atoms with Crippen molar-refractivity contribution in [2.75, 3.05) is 0 Å². The average Bonchev–Trinajstić information content (AvgIpc) is 2.54. The van der Waals surface area contributed by atoms with E-state index < -0.39 is 0 Å². The van der Waals surface area contributed by atoms with Gasteiger partial charge in [0, 0.05) is 6.42 Å². The Hall–Kier alpha value is -0.900. The van der Waals surface area contributed by atoms with Gasteiger partial charge in [-0.2, -0.15) is 5.10 Å². The number of aromatic nitrogens is 3. The quantitative estimate of drug-likeness (QED) is 0.726. The molecule has 1 unspecified atom stereocenters. The van der Waals surface area contributed by atoms with Crippen LogP contribution in [-0.4, -0.2) is 15.2 Å². The molecule has 0 fully saturated rings. The molecule has 4 heteroatoms. The number of aryl methyl sites for hydroxylation is 1. The number of hydrogen-bond acceptors (Lipinski definition) is 3. The highest BCUT2D eigenvalue weighted by Crippen LogP contribution is 2.10. The summed E-state index contributed by atoms with van der Waals surface area (Å²) in [5.74, 6) is 1.70. The average molecular weight is 182 g/mol. The third-order valence-electron chi connectivity index (χ3n) is 1.97. The topological polar surface area (TPSA) is 67.6 Å². The Labute approximate surface area is 78.9 Å². The highest BCUT2D eigenvalue weighted by molar-refractivity contribution is 4.95. The molecule has 0 radical (unpaired) electrons. The Balaban J connectivity index is 2.56. The number of aromatic amines is 1. The second-order valence-corrected chi connectivity index (χ2v) is 3.29. The molecule has 0 saturated heterocycles. The summed E-state index contributed by atoms with van der Waals surface area (Å²) in [6.07, 6.45) is 4.05. The second kappa shape index (κ2) is 4.97. The largest absolute Gasteiger partial charge is 0.321 e. The summed E-state index contributed by atoms with van der Waals surface area (Å²) in [5, 5.41) is 7.00. The Morgan fingerprint density at radius 3 is 2.77 bits per heavy atom. The van der Waals surface area contributed by atoms with Crippen molar-refractivity contribution in [2.45, 2.75) is 45.6 Å². The molecule has 13 heavy (non-hydrogen) atoms. The maximum atomic E-state index is 5.87. The highest BCUT2D eigenvalue weighted by atomic mass is 15.2. The summed E-state index contributed by atoms with van der Waals surface area (Å²) in [6, 6.07) is -0.00754. The fourth-order valence-electron chi connectivity index (χ4n) is 1.26. The van der Waals surface area contributed by atoms with Crippen molar-refractivity contribution in [2.24, 2.45) is 5.73 Å². The van der Waals surface area contributed by atoms with Gasteiger partial charge in [-0.05, 0) is 12.8 Å². The third kappa shape index (κ3) is 2.81. The van der Waals surface area contributed by atoms with Crippen LogP contribution < -0.4 is 5.73 Å². The maximum Gasteiger partial charge on any atom is 0.167 e. The predicted molar refractivity (Wildman–Crippen MR) is 52.2 cm³/mol. The molecule has 0 saturated carbocycles. The van der Waals surface area contributed by atoms with Gasteiger partial charge in [-0.25, -0.2) is 4.98 Å². The molecule has 0 aliphatic heterocycles. The van der Waals surface area contributed by atoms with E-state index in [9.17, 15) is 0 Å². The summed E-state index contributed by atoms with van der Waals surface area (Å²) in [6.45, 7) is 4.23. The standard InChI is InChI=1S/C9H18N4/c1-3-5-7(10)9-11-8(6-4-2)12-13-9/h7H,3-6,10H2,1-2H3,(H,11,12,13). The predicted octanol–water partition coefficient (Wildman–Crippen LogP) is 1.56. The first-order valence-electron chi connectivity index (χ1n) is 4.94. The number of H-pyrrole nitrogens is 1. The van der Waals surface area contributed by atoms with Gasteiger partial charge in [-0.15, -0.1) is 0 Å². The minimum Gasteiger partial charge on any atom is -0.321 e. The SMILES string of the molecule is CCCc1nc(C(N)CCC)n[nH]1. The monoisotopic (exact) mass is 182 g/mol. The van der Waals surface area contributed by atoms with Crippen molar-refractivity contribution in [3.8, 4) is 0 Å². The fraction of sp³-hybridized carbons (Fsp3) is 0.778. The molecule has 1 rings (SSSR count). The van der Waals surface area contributed by atoms with Crippen LogP contribution in [0.25, 0.3) is 0 Å². The molecular weight excluding hydrogens is 164 g/mol. The van der Waals surface area contributed by atoms with Gasteiger partial charge in [0.1, 0.15) is 5.82 Å². The van der Waals surface area contributed by atoms with Crippen LogP contribution in [0.4, 0.5) is 0 Å². The number of nitrogens with two attached hydrogens (primary N) is 1. The van der Waals surface area contributed by atoms with Crippen LogP contribution >= 0.6 is 0 Å². The maximum absolute atomic E-state index is 5.87. The summed E-state index contributed by atoms with van der Waals surface area (Å²) < 4.78 is 0. The van der Waals surface area contributed by atoms with Crippen molar-refractivity contribution in [1.29, 1.82) is 0 Å². The van der Waals surface area contributed by atoms with E-state index in [4.69, 9.17) is 5.73 Å². The number of nitrogens with zero attached hydrogens (tertiary/aromatic N) is 2. The van der Waals surface area contributed by atoms with Crippen LogP contribution in [0.1, 0.15) is 50.8 Å². The molecule has 0 aliphatic carbocycles. The van der Waals surface area contributed by atoms with E-state index in [1.807, 2.05) is 0 Å². The molecule has 0 aromatic carbocycles. The summed E-state index contributed by atoms with van der Waals surface area (Å²) in [7, 11) is 0. The molecule has 3 N–H and O–H groups in total. The van der Waals surface area contributed by atoms with E-state index in [-0.39, 0.29) is 6.04 Å². The summed E-state index contributed by atoms with van der Waals surface area (Å²) in [5.41, 5.74) is 5.87. The van der Waals surface area contributed by atoms with Gasteiger partial charge in [-0.3, -0.25) is 5.10 Å². The Bertz CT molecular complexity index is 244. The van der Waals surface area contributed by atoms with Gasteiger partial charge >= 0.3 is 0 Å². The zero-order valence-electron chi connectivity index (χ0n) is 8.38. The van der Waals surface area contributed by atoms with Crippen LogP contribution in [0.2, 0.25) is 0 Å². The smallest absolute Gasteiger partial charge is 0.167 e. The first-order valence-corrected chi connectivity index (χ1v) is 4.94. The molecule has 0 spiro atoms. The molecule has 0 amide bonds. The van der Waals surface area contributed by atoms with Gasteiger partial charge in [0.15, 0.2) is 5.82 Å². The molecule has 1 atom stereocenters. The zero-order valence-corrected chi connectivity index (χ0v) is 8.38. The fourth-order valence-corrected chi connectivity index (χ4v) is 1.26. The molecule has 4 nitrogen and oxygen atoms in total. The molecule has 0 bridgehead atoms. The molecule has 1 heterocycles. The number of hydrogen-bond donors (Lipinski definition) is 2. The second-order valence-electron chi connectivity index (χ2n) is 3.29. The Kier molecular flexibility index (Phi) is 3.89. The van der Waals surface area contributed by atoms with Crippen LogP contribution in [-0.2, 0) is 6.42 Å².